The molecule has 2 aromatic rings. The molecule has 38 heavy (non-hydrogen) atoms. The fourth-order valence-electron chi connectivity index (χ4n) is 3.44. The van der Waals surface area contributed by atoms with E-state index in [9.17, 15) is 4.79 Å². The fraction of sp³-hybridized carbons (Fsp3) is 0.516. The molecule has 0 radical (unpaired) electrons. The van der Waals surface area contributed by atoms with Crippen molar-refractivity contribution >= 4 is 24.1 Å². The number of hydrogen-bond donors (Lipinski definition) is 1. The minimum atomic E-state index is -0.178. The van der Waals surface area contributed by atoms with Crippen LogP contribution in [0.3, 0.4) is 0 Å². The van der Waals surface area contributed by atoms with Crippen molar-refractivity contribution in [1.29, 1.82) is 0 Å². The van der Waals surface area contributed by atoms with Gasteiger partial charge in [-0.3, -0.25) is 11.6 Å². The molecule has 0 aromatic heterocycles. The number of anilines is 2. The summed E-state index contributed by atoms with van der Waals surface area (Å²) in [5, 5.41) is 3.05. The van der Waals surface area contributed by atoms with Gasteiger partial charge in [0.25, 0.3) is 0 Å². The Hall–Kier alpha value is -1.22. The number of carbonyl (C=O) groups is 1. The number of carbonyl (C=O) groups excluding carboxylic acids is 2. The monoisotopic (exact) mass is 553 g/mol. The van der Waals surface area contributed by atoms with Crippen molar-refractivity contribution in [2.45, 2.75) is 74.3 Å². The van der Waals surface area contributed by atoms with Crippen LogP contribution < -0.4 is 66.3 Å². The van der Waals surface area contributed by atoms with Crippen molar-refractivity contribution < 1.29 is 65.7 Å². The summed E-state index contributed by atoms with van der Waals surface area (Å²) in [5.74, 6) is 0.387. The summed E-state index contributed by atoms with van der Waals surface area (Å²) in [6.07, 6.45) is 2.64. The van der Waals surface area contributed by atoms with Crippen LogP contribution in [-0.2, 0) is 4.79 Å². The van der Waals surface area contributed by atoms with Crippen LogP contribution in [0.25, 0.3) is 0 Å². The molecule has 1 aliphatic rings. The zero-order valence-electron chi connectivity index (χ0n) is 26.3. The second-order valence-corrected chi connectivity index (χ2v) is 7.87. The first kappa shape index (κ1) is 43.8. The number of methoxy groups -OCH3 is 1. The molecule has 1 amide bonds. The molecule has 0 aliphatic carbocycles. The van der Waals surface area contributed by atoms with Gasteiger partial charge in [0.15, 0.2) is 0 Å². The van der Waals surface area contributed by atoms with Crippen LogP contribution in [0.2, 0.25) is 0 Å². The van der Waals surface area contributed by atoms with Gasteiger partial charge >= 0.3 is 51.4 Å². The molecule has 3 rings (SSSR count). The van der Waals surface area contributed by atoms with Gasteiger partial charge in [-0.1, -0.05) is 79.1 Å². The van der Waals surface area contributed by atoms with Gasteiger partial charge in [-0.2, -0.15) is 17.7 Å². The number of benzene rings is 2. The van der Waals surface area contributed by atoms with Crippen LogP contribution in [0.4, 0.5) is 11.4 Å². The third-order valence-corrected chi connectivity index (χ3v) is 5.31. The molecule has 0 bridgehead atoms. The van der Waals surface area contributed by atoms with Crippen LogP contribution in [-0.4, -0.2) is 57.4 Å². The molecule has 1 atom stereocenters. The number of para-hydroxylation sites is 1. The zero-order chi connectivity index (χ0) is 28.1. The number of hydrogen-bond acceptors (Lipinski definition) is 5. The smallest absolute Gasteiger partial charge is 0.545 e. The topological polar surface area (TPSA) is 61.9 Å². The number of likely N-dealkylation sites (N-methyl/N-ethyl adjacent to an activating group) is 1. The first-order valence-electron chi connectivity index (χ1n) is 13.1. The molecular formula is C31H52KN3O3-2. The predicted molar refractivity (Wildman–Crippen MR) is 162 cm³/mol. The number of amides is 1. The Kier molecular flexibility index (Phi) is 31.5. The van der Waals surface area contributed by atoms with Crippen LogP contribution in [0.5, 0.6) is 5.75 Å². The van der Waals surface area contributed by atoms with E-state index in [1.807, 2.05) is 52.8 Å². The first-order valence-corrected chi connectivity index (χ1v) is 13.1. The maximum atomic E-state index is 12.8. The number of ether oxygens (including phenoxy) is 1. The van der Waals surface area contributed by atoms with Gasteiger partial charge in [-0.15, -0.1) is 6.07 Å². The van der Waals surface area contributed by atoms with Gasteiger partial charge < -0.3 is 32.1 Å². The Balaban J connectivity index is -0.000000426. The third-order valence-electron chi connectivity index (χ3n) is 5.31. The average Bonchev–Trinajstić information content (AvgIpc) is 2.93. The molecule has 0 spiro atoms. The van der Waals surface area contributed by atoms with E-state index in [0.29, 0.717) is 17.4 Å². The number of aryl methyl sites for hydroxylation is 1. The standard InChI is InChI=1S/C21H26N3O2.C4H10.2C2H6.CHO.CH3.K/c1-15-9-10-18(19(13-15)24-12-11-23(3)14-16(24)2)22-21(25)17-7-5-6-8-20(17)26-4;1-3-4-2;3*1-2;;/h5-8,10,13,16H,11-12,14H2,1-4H3,(H,22,25);3-4H2,1-2H3;2*1-2H3;1H;1H3;/q-1;;;;2*-1;+1. The van der Waals surface area contributed by atoms with Crippen molar-refractivity contribution in [3.8, 4) is 5.75 Å². The number of piperazine rings is 1. The Bertz CT molecular complexity index is 847. The van der Waals surface area contributed by atoms with Crippen LogP contribution in [0.15, 0.2) is 36.4 Å². The minimum Gasteiger partial charge on any atom is -0.545 e. The molecule has 1 unspecified atom stereocenters. The summed E-state index contributed by atoms with van der Waals surface area (Å²) in [6, 6.07) is 14.8. The number of nitrogens with one attached hydrogen (secondary N) is 1. The van der Waals surface area contributed by atoms with Crippen LogP contribution in [0.1, 0.15) is 77.2 Å². The molecule has 212 valence electrons. The fourth-order valence-corrected chi connectivity index (χ4v) is 3.44. The molecular weight excluding hydrogens is 501 g/mol. The molecule has 0 saturated carbocycles. The zero-order valence-corrected chi connectivity index (χ0v) is 29.4. The Labute approximate surface area is 277 Å². The molecule has 1 saturated heterocycles. The number of rotatable bonds is 5. The van der Waals surface area contributed by atoms with Crippen molar-refractivity contribution in [2.75, 3.05) is 44.0 Å². The van der Waals surface area contributed by atoms with Crippen molar-refractivity contribution in [3.05, 3.63) is 61.0 Å². The molecule has 1 fully saturated rings. The molecule has 7 heteroatoms. The molecule has 2 aromatic carbocycles. The van der Waals surface area contributed by atoms with Gasteiger partial charge in [0.1, 0.15) is 5.75 Å². The molecule has 1 aliphatic heterocycles. The second-order valence-electron chi connectivity index (χ2n) is 7.87. The van der Waals surface area contributed by atoms with Crippen LogP contribution in [0, 0.1) is 20.4 Å². The maximum absolute atomic E-state index is 12.8. The van der Waals surface area contributed by atoms with Crippen LogP contribution >= 0.6 is 0 Å². The quantitative estimate of drug-likeness (QED) is 0.341. The van der Waals surface area contributed by atoms with E-state index < -0.39 is 0 Å². The number of nitrogens with zero attached hydrogens (tertiary/aromatic N) is 2. The number of unbranched alkanes of at least 4 members (excludes halogenated alkanes) is 1. The normalized spacial score (nSPS) is 13.4. The summed E-state index contributed by atoms with van der Waals surface area (Å²) in [5.41, 5.74) is 3.40. The van der Waals surface area contributed by atoms with E-state index in [0.717, 1.165) is 36.6 Å². The molecule has 6 nitrogen and oxygen atoms in total. The van der Waals surface area contributed by atoms with E-state index in [1.54, 1.807) is 19.2 Å². The van der Waals surface area contributed by atoms with Gasteiger partial charge in [-0.25, -0.2) is 0 Å². The predicted octanol–water partition coefficient (Wildman–Crippen LogP) is 4.24. The van der Waals surface area contributed by atoms with E-state index in [1.165, 1.54) is 12.8 Å². The summed E-state index contributed by atoms with van der Waals surface area (Å²) < 4.78 is 5.31. The van der Waals surface area contributed by atoms with E-state index in [2.05, 4.69) is 61.9 Å². The Morgan fingerprint density at radius 1 is 1.11 bits per heavy atom. The van der Waals surface area contributed by atoms with E-state index in [4.69, 9.17) is 9.53 Å². The minimum absolute atomic E-state index is 0. The van der Waals surface area contributed by atoms with Crippen molar-refractivity contribution in [3.63, 3.8) is 0 Å². The maximum Gasteiger partial charge on any atom is 1.00 e. The van der Waals surface area contributed by atoms with Gasteiger partial charge in [0, 0.05) is 25.7 Å². The van der Waals surface area contributed by atoms with E-state index in [-0.39, 0.29) is 64.7 Å². The van der Waals surface area contributed by atoms with Gasteiger partial charge in [0.05, 0.1) is 12.7 Å². The summed E-state index contributed by atoms with van der Waals surface area (Å²) in [6.45, 7) is 22.8. The Morgan fingerprint density at radius 2 is 1.66 bits per heavy atom. The van der Waals surface area contributed by atoms with Gasteiger partial charge in [-0.05, 0) is 31.8 Å². The summed E-state index contributed by atoms with van der Waals surface area (Å²) in [4.78, 5) is 25.3. The average molecular weight is 554 g/mol. The van der Waals surface area contributed by atoms with Gasteiger partial charge in [0.2, 0.25) is 5.91 Å². The van der Waals surface area contributed by atoms with E-state index >= 15 is 0 Å². The summed E-state index contributed by atoms with van der Waals surface area (Å²) >= 11 is 0. The first-order chi connectivity index (χ1) is 17.4. The molecule has 1 N–H and O–H groups in total. The summed E-state index contributed by atoms with van der Waals surface area (Å²) in [7, 11) is 3.71. The third kappa shape index (κ3) is 15.4. The van der Waals surface area contributed by atoms with Crippen molar-refractivity contribution in [1.82, 2.24) is 4.90 Å². The molecule has 1 heterocycles. The van der Waals surface area contributed by atoms with Crippen molar-refractivity contribution in [2.24, 2.45) is 0 Å². The largest absolute Gasteiger partial charge is 1.00 e. The Morgan fingerprint density at radius 3 is 2.16 bits per heavy atom. The SMILES string of the molecule is CC.CC.CCCC.COc1ccccc1C(=O)Nc1c[c-]c(C)cc1N1CCN(C)CC1C.[CH-]=O.[CH3-].[K+]. The second kappa shape index (κ2) is 27.3.